The van der Waals surface area contributed by atoms with E-state index in [0.29, 0.717) is 30.9 Å². The molecule has 0 radical (unpaired) electrons. The molecule has 4 aromatic carbocycles. The average molecular weight is 917 g/mol. The summed E-state index contributed by atoms with van der Waals surface area (Å²) >= 11 is 0. The number of aromatic nitrogens is 2. The molecule has 7 rings (SSSR count). The average Bonchev–Trinajstić information content (AvgIpc) is 3.64. The van der Waals surface area contributed by atoms with E-state index in [4.69, 9.17) is 15.2 Å². The van der Waals surface area contributed by atoms with Crippen LogP contribution in [-0.4, -0.2) is 70.6 Å². The van der Waals surface area contributed by atoms with Crippen molar-refractivity contribution >= 4 is 5.69 Å². The first-order valence-corrected chi connectivity index (χ1v) is 22.9. The molecule has 0 fully saturated rings. The summed E-state index contributed by atoms with van der Waals surface area (Å²) in [5.41, 5.74) is 12.8. The zero-order valence-electron chi connectivity index (χ0n) is 39.3. The minimum atomic E-state index is -0.847. The van der Waals surface area contributed by atoms with Crippen LogP contribution in [0.2, 0.25) is 0 Å². The Morgan fingerprint density at radius 2 is 1.12 bits per heavy atom. The lowest BCUT2D eigenvalue weighted by Gasteiger charge is -2.31. The molecule has 0 saturated heterocycles. The number of aliphatic hydroxyl groups excluding tert-OH is 2. The van der Waals surface area contributed by atoms with Gasteiger partial charge in [-0.1, -0.05) is 65.8 Å². The largest absolute Gasteiger partial charge is 0.493 e. The number of halogens is 4. The smallest absolute Gasteiger partial charge is 0.126 e. The summed E-state index contributed by atoms with van der Waals surface area (Å²) in [6, 6.07) is 18.4. The maximum atomic E-state index is 13.8. The third kappa shape index (κ3) is 15.3. The Labute approximate surface area is 387 Å². The van der Waals surface area contributed by atoms with Crippen LogP contribution in [0, 0.1) is 34.1 Å². The molecule has 0 unspecified atom stereocenters. The summed E-state index contributed by atoms with van der Waals surface area (Å²) in [4.78, 5) is 0. The molecular formula is C52H68F4N6O4. The fourth-order valence-corrected chi connectivity index (χ4v) is 8.69. The Bertz CT molecular complexity index is 2320. The van der Waals surface area contributed by atoms with E-state index in [9.17, 15) is 27.8 Å². The van der Waals surface area contributed by atoms with Crippen LogP contribution < -0.4 is 31.2 Å². The Morgan fingerprint density at radius 1 is 0.667 bits per heavy atom. The predicted octanol–water partition coefficient (Wildman–Crippen LogP) is 8.68. The van der Waals surface area contributed by atoms with E-state index in [0.717, 1.165) is 66.1 Å². The van der Waals surface area contributed by atoms with Crippen LogP contribution in [0.15, 0.2) is 85.2 Å². The molecule has 0 saturated carbocycles. The van der Waals surface area contributed by atoms with Crippen LogP contribution in [-0.2, 0) is 32.7 Å². The molecule has 0 spiro atoms. The number of benzene rings is 4. The van der Waals surface area contributed by atoms with Crippen molar-refractivity contribution < 1.29 is 37.2 Å². The number of hydrogen-bond acceptors (Lipinski definition) is 9. The number of fused-ring (bicyclic) bond motifs is 2. The normalized spacial score (nSPS) is 17.8. The van der Waals surface area contributed by atoms with Gasteiger partial charge in [0.1, 0.15) is 34.8 Å². The molecule has 10 nitrogen and oxygen atoms in total. The summed E-state index contributed by atoms with van der Waals surface area (Å²) in [5, 5.41) is 36.0. The molecule has 2 aliphatic rings. The van der Waals surface area contributed by atoms with Crippen molar-refractivity contribution in [3.8, 4) is 11.5 Å². The highest BCUT2D eigenvalue weighted by molar-refractivity contribution is 5.43. The van der Waals surface area contributed by atoms with Crippen LogP contribution in [0.1, 0.15) is 99.8 Å². The van der Waals surface area contributed by atoms with Crippen LogP contribution in [0.4, 0.5) is 23.2 Å². The number of ether oxygens (including phenoxy) is 2. The lowest BCUT2D eigenvalue weighted by atomic mass is 9.86. The number of nitrogens with two attached hydrogens (primary N) is 1. The van der Waals surface area contributed by atoms with Gasteiger partial charge in [0.2, 0.25) is 0 Å². The first kappa shape index (κ1) is 50.4. The number of nitrogens with one attached hydrogen (secondary N) is 3. The molecule has 3 heterocycles. The molecule has 358 valence electrons. The third-order valence-corrected chi connectivity index (χ3v) is 11.6. The topological polar surface area (TPSA) is 139 Å². The molecule has 14 heteroatoms. The Morgan fingerprint density at radius 3 is 1.56 bits per heavy atom. The van der Waals surface area contributed by atoms with Gasteiger partial charge in [0.05, 0.1) is 43.3 Å². The SMILES string of the molecule is CC(C)(C)Cc1ccc2c(c1)[C@@H](NC[C@@H](O)[C@@H](N)Cc1cc(F)cc(F)c1)CCO2.Cn1cc(N[C@@H](Cc2cc(F)cc(F)c2)[C@H](O)CN[C@H]2CCOc3ccc(CC(C)(C)C)cc32)cn1. The van der Waals surface area contributed by atoms with Crippen LogP contribution in [0.25, 0.3) is 0 Å². The van der Waals surface area contributed by atoms with E-state index in [1.807, 2.05) is 12.1 Å². The monoisotopic (exact) mass is 917 g/mol. The minimum absolute atomic E-state index is 0.0361. The van der Waals surface area contributed by atoms with E-state index in [-0.39, 0.29) is 42.3 Å². The highest BCUT2D eigenvalue weighted by Gasteiger charge is 2.28. The maximum Gasteiger partial charge on any atom is 0.126 e. The quantitative estimate of drug-likeness (QED) is 0.0537. The lowest BCUT2D eigenvalue weighted by molar-refractivity contribution is 0.133. The molecule has 0 amide bonds. The zero-order chi connectivity index (χ0) is 47.8. The number of rotatable bonds is 16. The maximum absolute atomic E-state index is 13.8. The van der Waals surface area contributed by atoms with E-state index in [2.05, 4.69) is 86.9 Å². The molecular weight excluding hydrogens is 849 g/mol. The van der Waals surface area contributed by atoms with Crippen molar-refractivity contribution in [1.29, 1.82) is 0 Å². The second-order valence-electron chi connectivity index (χ2n) is 20.3. The second kappa shape index (κ2) is 22.2. The number of hydrogen-bond donors (Lipinski definition) is 6. The van der Waals surface area contributed by atoms with Crippen LogP contribution >= 0.6 is 0 Å². The van der Waals surface area contributed by atoms with E-state index in [1.54, 1.807) is 24.1 Å². The van der Waals surface area contributed by atoms with Crippen molar-refractivity contribution in [2.24, 2.45) is 23.6 Å². The van der Waals surface area contributed by atoms with Gasteiger partial charge in [0.25, 0.3) is 0 Å². The van der Waals surface area contributed by atoms with Crippen molar-refractivity contribution in [3.05, 3.63) is 142 Å². The van der Waals surface area contributed by atoms with E-state index < -0.39 is 47.6 Å². The molecule has 2 aliphatic heterocycles. The van der Waals surface area contributed by atoms with Gasteiger partial charge >= 0.3 is 0 Å². The van der Waals surface area contributed by atoms with E-state index in [1.165, 1.54) is 35.4 Å². The number of aliphatic hydroxyl groups is 2. The summed E-state index contributed by atoms with van der Waals surface area (Å²) in [5.74, 6) is -0.828. The molecule has 6 atom stereocenters. The van der Waals surface area contributed by atoms with E-state index >= 15 is 0 Å². The van der Waals surface area contributed by atoms with Gasteiger partial charge in [-0.15, -0.1) is 0 Å². The number of aryl methyl sites for hydroxylation is 1. The molecule has 66 heavy (non-hydrogen) atoms. The molecule has 0 aliphatic carbocycles. The van der Waals surface area contributed by atoms with Crippen molar-refractivity contribution in [2.45, 2.75) is 116 Å². The molecule has 1 aromatic heterocycles. The highest BCUT2D eigenvalue weighted by atomic mass is 19.1. The first-order valence-electron chi connectivity index (χ1n) is 22.9. The lowest BCUT2D eigenvalue weighted by Crippen LogP contribution is -2.44. The van der Waals surface area contributed by atoms with Crippen molar-refractivity contribution in [3.63, 3.8) is 0 Å². The van der Waals surface area contributed by atoms with Crippen LogP contribution in [0.3, 0.4) is 0 Å². The van der Waals surface area contributed by atoms with Crippen molar-refractivity contribution in [2.75, 3.05) is 31.6 Å². The summed E-state index contributed by atoms with van der Waals surface area (Å²) in [7, 11) is 1.80. The zero-order valence-corrected chi connectivity index (χ0v) is 39.3. The third-order valence-electron chi connectivity index (χ3n) is 11.6. The Balaban J connectivity index is 0.000000222. The van der Waals surface area contributed by atoms with Crippen molar-refractivity contribution in [1.82, 2.24) is 20.4 Å². The molecule has 5 aromatic rings. The number of nitrogens with zero attached hydrogens (tertiary/aromatic N) is 2. The summed E-state index contributed by atoms with van der Waals surface area (Å²) in [6.07, 6.45) is 5.71. The fraction of sp³-hybridized carbons (Fsp3) is 0.481. The van der Waals surface area contributed by atoms with Crippen LogP contribution in [0.5, 0.6) is 11.5 Å². The van der Waals surface area contributed by atoms with Gasteiger partial charge in [-0.3, -0.25) is 4.68 Å². The van der Waals surface area contributed by atoms with Gasteiger partial charge in [0, 0.05) is 80.6 Å². The molecule has 7 N–H and O–H groups in total. The number of anilines is 1. The Hall–Kier alpha value is -4.99. The molecule has 0 bridgehead atoms. The van der Waals surface area contributed by atoms with Gasteiger partial charge in [-0.2, -0.15) is 5.10 Å². The second-order valence-corrected chi connectivity index (χ2v) is 20.3. The summed E-state index contributed by atoms with van der Waals surface area (Å²) < 4.78 is 67.7. The van der Waals surface area contributed by atoms with Gasteiger partial charge in [-0.05, 0) is 95.2 Å². The Kier molecular flexibility index (Phi) is 17.0. The predicted molar refractivity (Wildman–Crippen MR) is 252 cm³/mol. The fourth-order valence-electron chi connectivity index (χ4n) is 8.69. The van der Waals surface area contributed by atoms with Gasteiger partial charge < -0.3 is 41.4 Å². The first-order chi connectivity index (χ1) is 31.2. The summed E-state index contributed by atoms with van der Waals surface area (Å²) in [6.45, 7) is 15.1. The van der Waals surface area contributed by atoms with Gasteiger partial charge in [-0.25, -0.2) is 17.6 Å². The minimum Gasteiger partial charge on any atom is -0.493 e. The van der Waals surface area contributed by atoms with Gasteiger partial charge in [0.15, 0.2) is 0 Å². The highest BCUT2D eigenvalue weighted by Crippen LogP contribution is 2.36. The standard InChI is InChI=1S/C28H36F2N4O2.C24H32F2N2O2/c1-28(2,3)14-18-5-6-27-23(11-18)24(7-8-36-27)31-16-26(35)25(33-22-15-32-34(4)17-22)12-19-9-20(29)13-21(30)10-19;1-24(2,3)13-15-4-5-23-19(10-15)21(6-7-30-23)28-14-22(29)20(27)11-16-8-17(25)12-18(26)9-16/h5-6,9-11,13,15,17,24-26,31,33,35H,7-8,12,14,16H2,1-4H3;4-5,8-10,12,20-22,28-29H,6-7,11,13-14,27H2,1-3H3/t24-,25-,26+;20-,21-,22+/m00/s1.